The number of hydrogen-bond donors (Lipinski definition) is 0. The highest BCUT2D eigenvalue weighted by Gasteiger charge is 2.41. The summed E-state index contributed by atoms with van der Waals surface area (Å²) < 4.78 is 16.4. The predicted octanol–water partition coefficient (Wildman–Crippen LogP) is 4.34. The van der Waals surface area contributed by atoms with Crippen molar-refractivity contribution in [2.24, 2.45) is 0 Å². The van der Waals surface area contributed by atoms with Gasteiger partial charge in [-0.1, -0.05) is 47.1 Å². The van der Waals surface area contributed by atoms with Crippen LogP contribution in [0.1, 0.15) is 22.4 Å². The van der Waals surface area contributed by atoms with E-state index < -0.39 is 0 Å². The molecule has 0 N–H and O–H groups in total. The topological polar surface area (TPSA) is 70.3 Å². The average Bonchev–Trinajstić information content (AvgIpc) is 3.29. The van der Waals surface area contributed by atoms with Crippen LogP contribution in [0.25, 0.3) is 11.4 Å². The Morgan fingerprint density at radius 1 is 0.967 bits per heavy atom. The number of ether oxygens (including phenoxy) is 2. The van der Waals surface area contributed by atoms with E-state index in [1.807, 2.05) is 18.2 Å². The maximum Gasteiger partial charge on any atom is 0.164 e. The molecular formula is C24H21N3O3. The lowest BCUT2D eigenvalue weighted by Gasteiger charge is -2.42. The van der Waals surface area contributed by atoms with Crippen molar-refractivity contribution < 1.29 is 14.0 Å². The molecule has 0 spiro atoms. The van der Waals surface area contributed by atoms with Crippen LogP contribution >= 0.6 is 0 Å². The first-order valence-corrected chi connectivity index (χ1v) is 9.83. The third-order valence-corrected chi connectivity index (χ3v) is 5.50. The zero-order valence-corrected chi connectivity index (χ0v) is 16.6. The molecule has 0 unspecified atom stereocenters. The van der Waals surface area contributed by atoms with Gasteiger partial charge in [0.05, 0.1) is 36.1 Å². The molecule has 3 heterocycles. The van der Waals surface area contributed by atoms with Crippen LogP contribution in [0.4, 0.5) is 0 Å². The van der Waals surface area contributed by atoms with Gasteiger partial charge in [-0.15, -0.1) is 0 Å². The molecule has 0 atom stereocenters. The Morgan fingerprint density at radius 3 is 2.33 bits per heavy atom. The van der Waals surface area contributed by atoms with E-state index in [1.165, 1.54) is 23.0 Å². The molecular weight excluding hydrogens is 378 g/mol. The Bertz CT molecular complexity index is 1120. The lowest BCUT2D eigenvalue weighted by atomic mass is 9.73. The molecule has 5 rings (SSSR count). The first-order chi connectivity index (χ1) is 14.7. The Balaban J connectivity index is 1.30. The lowest BCUT2D eigenvalue weighted by molar-refractivity contribution is -0.0380. The van der Waals surface area contributed by atoms with Crippen LogP contribution in [0.3, 0.4) is 0 Å². The van der Waals surface area contributed by atoms with Crippen LogP contribution in [0.15, 0.2) is 77.8 Å². The predicted molar refractivity (Wildman–Crippen MR) is 111 cm³/mol. The van der Waals surface area contributed by atoms with Gasteiger partial charge in [0.25, 0.3) is 0 Å². The summed E-state index contributed by atoms with van der Waals surface area (Å²) in [6.45, 7) is 3.85. The molecule has 0 aliphatic carbocycles. The van der Waals surface area contributed by atoms with Crippen LogP contribution in [0, 0.1) is 6.92 Å². The molecule has 1 fully saturated rings. The van der Waals surface area contributed by atoms with Gasteiger partial charge in [0, 0.05) is 6.20 Å². The second-order valence-corrected chi connectivity index (χ2v) is 7.54. The summed E-state index contributed by atoms with van der Waals surface area (Å²) in [7, 11) is 0. The zero-order chi connectivity index (χ0) is 20.4. The Labute approximate surface area is 174 Å². The number of aromatic nitrogens is 3. The summed E-state index contributed by atoms with van der Waals surface area (Å²) in [4.78, 5) is 8.75. The van der Waals surface area contributed by atoms with Gasteiger partial charge in [-0.05, 0) is 36.2 Å². The van der Waals surface area contributed by atoms with Gasteiger partial charge in [-0.2, -0.15) is 0 Å². The van der Waals surface area contributed by atoms with Crippen molar-refractivity contribution in [1.82, 2.24) is 15.1 Å². The van der Waals surface area contributed by atoms with Crippen molar-refractivity contribution in [2.75, 3.05) is 13.2 Å². The van der Waals surface area contributed by atoms with E-state index in [-0.39, 0.29) is 5.41 Å². The molecule has 0 bridgehead atoms. The maximum atomic E-state index is 5.94. The number of benzene rings is 2. The van der Waals surface area contributed by atoms with E-state index in [4.69, 9.17) is 14.0 Å². The molecule has 1 aliphatic rings. The molecule has 2 aromatic heterocycles. The second kappa shape index (κ2) is 7.72. The van der Waals surface area contributed by atoms with Gasteiger partial charge < -0.3 is 14.0 Å². The molecule has 6 nitrogen and oxygen atoms in total. The van der Waals surface area contributed by atoms with Gasteiger partial charge in [0.2, 0.25) is 0 Å². The van der Waals surface area contributed by atoms with E-state index in [2.05, 4.69) is 58.4 Å². The highest BCUT2D eigenvalue weighted by atomic mass is 16.5. The van der Waals surface area contributed by atoms with E-state index >= 15 is 0 Å². The summed E-state index contributed by atoms with van der Waals surface area (Å²) >= 11 is 0. The van der Waals surface area contributed by atoms with Crippen molar-refractivity contribution in [2.45, 2.75) is 18.9 Å². The fraction of sp³-hybridized carbons (Fsp3) is 0.208. The van der Waals surface area contributed by atoms with Crippen LogP contribution in [0.5, 0.6) is 5.75 Å². The summed E-state index contributed by atoms with van der Waals surface area (Å²) in [5.74, 6) is 1.36. The van der Waals surface area contributed by atoms with Gasteiger partial charge in [-0.3, -0.25) is 0 Å². The fourth-order valence-electron chi connectivity index (χ4n) is 3.64. The standard InChI is InChI=1S/C24H21N3O3/c1-17-2-4-19(5-3-17)24(15-28-16-24)20-6-8-22(9-7-20)29-14-21-10-11-25-23(27-21)18-12-26-30-13-18/h2-13H,14-16H2,1H3. The quantitative estimate of drug-likeness (QED) is 0.480. The van der Waals surface area contributed by atoms with Crippen molar-refractivity contribution in [1.29, 1.82) is 0 Å². The highest BCUT2D eigenvalue weighted by Crippen LogP contribution is 2.39. The number of aryl methyl sites for hydroxylation is 1. The molecule has 1 aliphatic heterocycles. The second-order valence-electron chi connectivity index (χ2n) is 7.54. The largest absolute Gasteiger partial charge is 0.487 e. The third-order valence-electron chi connectivity index (χ3n) is 5.50. The lowest BCUT2D eigenvalue weighted by Crippen LogP contribution is -2.47. The molecule has 0 amide bonds. The zero-order valence-electron chi connectivity index (χ0n) is 16.6. The first kappa shape index (κ1) is 18.5. The molecule has 30 heavy (non-hydrogen) atoms. The minimum absolute atomic E-state index is 0.0770. The maximum absolute atomic E-state index is 5.94. The fourth-order valence-corrected chi connectivity index (χ4v) is 3.64. The Hall–Kier alpha value is -3.51. The summed E-state index contributed by atoms with van der Waals surface area (Å²) in [6.07, 6.45) is 4.82. The van der Waals surface area contributed by atoms with E-state index in [1.54, 1.807) is 12.4 Å². The molecule has 4 aromatic rings. The molecule has 0 radical (unpaired) electrons. The smallest absolute Gasteiger partial charge is 0.164 e. The molecule has 6 heteroatoms. The van der Waals surface area contributed by atoms with E-state index in [9.17, 15) is 0 Å². The average molecular weight is 399 g/mol. The molecule has 150 valence electrons. The molecule has 2 aromatic carbocycles. The first-order valence-electron chi connectivity index (χ1n) is 9.83. The number of rotatable bonds is 6. The summed E-state index contributed by atoms with van der Waals surface area (Å²) in [6, 6.07) is 18.8. The van der Waals surface area contributed by atoms with Crippen molar-refractivity contribution in [3.8, 4) is 17.1 Å². The van der Waals surface area contributed by atoms with Crippen LogP contribution in [0.2, 0.25) is 0 Å². The minimum atomic E-state index is -0.0770. The monoisotopic (exact) mass is 399 g/mol. The third kappa shape index (κ3) is 3.46. The van der Waals surface area contributed by atoms with Crippen LogP contribution < -0.4 is 4.74 Å². The van der Waals surface area contributed by atoms with Gasteiger partial charge >= 0.3 is 0 Å². The van der Waals surface area contributed by atoms with Gasteiger partial charge in [0.15, 0.2) is 5.82 Å². The SMILES string of the molecule is Cc1ccc(C2(c3ccc(OCc4ccnc(-c5cnoc5)n4)cc3)COC2)cc1. The summed E-state index contributed by atoms with van der Waals surface area (Å²) in [5, 5.41) is 3.69. The molecule has 0 saturated carbocycles. The van der Waals surface area contributed by atoms with Crippen LogP contribution in [-0.2, 0) is 16.8 Å². The van der Waals surface area contributed by atoms with Crippen molar-refractivity contribution in [3.63, 3.8) is 0 Å². The number of nitrogens with zero attached hydrogens (tertiary/aromatic N) is 3. The Morgan fingerprint density at radius 2 is 1.70 bits per heavy atom. The van der Waals surface area contributed by atoms with E-state index in [0.717, 1.165) is 17.0 Å². The summed E-state index contributed by atoms with van der Waals surface area (Å²) in [5.41, 5.74) is 5.23. The Kier molecular flexibility index (Phi) is 4.77. The van der Waals surface area contributed by atoms with Crippen LogP contribution in [-0.4, -0.2) is 28.3 Å². The normalized spacial score (nSPS) is 14.8. The van der Waals surface area contributed by atoms with Gasteiger partial charge in [0.1, 0.15) is 18.6 Å². The number of hydrogen-bond acceptors (Lipinski definition) is 6. The van der Waals surface area contributed by atoms with Crippen molar-refractivity contribution in [3.05, 3.63) is 95.6 Å². The van der Waals surface area contributed by atoms with E-state index in [0.29, 0.717) is 25.6 Å². The molecule has 1 saturated heterocycles. The van der Waals surface area contributed by atoms with Gasteiger partial charge in [-0.25, -0.2) is 9.97 Å². The highest BCUT2D eigenvalue weighted by molar-refractivity contribution is 5.50. The van der Waals surface area contributed by atoms with Crippen molar-refractivity contribution >= 4 is 0 Å². The minimum Gasteiger partial charge on any atom is -0.487 e.